The van der Waals surface area contributed by atoms with Gasteiger partial charge in [0.15, 0.2) is 0 Å². The average Bonchev–Trinajstić information content (AvgIpc) is 2.88. The zero-order valence-corrected chi connectivity index (χ0v) is 13.2. The molecule has 2 fully saturated rings. The summed E-state index contributed by atoms with van der Waals surface area (Å²) < 4.78 is 0. The van der Waals surface area contributed by atoms with Crippen LogP contribution in [0.1, 0.15) is 59.8 Å². The largest absolute Gasteiger partial charge is 0.369 e. The van der Waals surface area contributed by atoms with E-state index in [0.29, 0.717) is 11.8 Å². The fourth-order valence-corrected chi connectivity index (χ4v) is 3.39. The third kappa shape index (κ3) is 2.99. The van der Waals surface area contributed by atoms with E-state index in [1.54, 1.807) is 0 Å². The van der Waals surface area contributed by atoms with E-state index < -0.39 is 5.41 Å². The molecule has 2 aliphatic rings. The van der Waals surface area contributed by atoms with Gasteiger partial charge in [-0.05, 0) is 58.3 Å². The summed E-state index contributed by atoms with van der Waals surface area (Å²) in [6, 6.07) is 0. The molecule has 0 aromatic rings. The van der Waals surface area contributed by atoms with E-state index in [1.807, 2.05) is 20.8 Å². The third-order valence-electron chi connectivity index (χ3n) is 5.03. The molecule has 0 bridgehead atoms. The first-order valence-electron chi connectivity index (χ1n) is 7.78. The number of nitrogens with two attached hydrogens (primary N) is 1. The van der Waals surface area contributed by atoms with Crippen LogP contribution in [-0.2, 0) is 9.59 Å². The first-order chi connectivity index (χ1) is 9.16. The van der Waals surface area contributed by atoms with Crippen molar-refractivity contribution >= 4 is 11.8 Å². The Kier molecular flexibility index (Phi) is 3.87. The molecule has 20 heavy (non-hydrogen) atoms. The third-order valence-corrected chi connectivity index (χ3v) is 5.03. The van der Waals surface area contributed by atoms with Gasteiger partial charge in [-0.1, -0.05) is 13.3 Å². The Bertz CT molecular complexity index is 407. The summed E-state index contributed by atoms with van der Waals surface area (Å²) in [6.45, 7) is 8.12. The fourth-order valence-electron chi connectivity index (χ4n) is 3.39. The molecule has 4 nitrogen and oxygen atoms in total. The first kappa shape index (κ1) is 15.3. The topological polar surface area (TPSA) is 72.2 Å². The molecule has 2 rings (SSSR count). The molecule has 2 unspecified atom stereocenters. The average molecular weight is 280 g/mol. The van der Waals surface area contributed by atoms with Crippen LogP contribution in [0.2, 0.25) is 0 Å². The molecule has 2 aliphatic carbocycles. The van der Waals surface area contributed by atoms with Crippen molar-refractivity contribution in [2.45, 2.75) is 65.3 Å². The van der Waals surface area contributed by atoms with Gasteiger partial charge in [0.25, 0.3) is 0 Å². The summed E-state index contributed by atoms with van der Waals surface area (Å²) in [7, 11) is 0. The van der Waals surface area contributed by atoms with Crippen LogP contribution in [0.5, 0.6) is 0 Å². The highest BCUT2D eigenvalue weighted by molar-refractivity contribution is 5.90. The van der Waals surface area contributed by atoms with Crippen LogP contribution >= 0.6 is 0 Å². The summed E-state index contributed by atoms with van der Waals surface area (Å²) >= 11 is 0. The van der Waals surface area contributed by atoms with Crippen LogP contribution in [0.3, 0.4) is 0 Å². The normalized spacial score (nSPS) is 29.2. The minimum Gasteiger partial charge on any atom is -0.369 e. The number of primary amides is 1. The second-order valence-corrected chi connectivity index (χ2v) is 7.87. The molecule has 0 aromatic heterocycles. The smallest absolute Gasteiger partial charge is 0.224 e. The Morgan fingerprint density at radius 1 is 1.35 bits per heavy atom. The van der Waals surface area contributed by atoms with Crippen molar-refractivity contribution < 1.29 is 9.59 Å². The zero-order chi connectivity index (χ0) is 15.1. The summed E-state index contributed by atoms with van der Waals surface area (Å²) in [5.74, 6) is 0.747. The van der Waals surface area contributed by atoms with Gasteiger partial charge < -0.3 is 11.1 Å². The number of nitrogens with one attached hydrogen (secondary N) is 1. The Balaban J connectivity index is 2.16. The molecule has 2 amide bonds. The van der Waals surface area contributed by atoms with E-state index in [-0.39, 0.29) is 23.3 Å². The highest BCUT2D eigenvalue weighted by Crippen LogP contribution is 2.53. The number of rotatable bonds is 5. The molecular weight excluding hydrogens is 252 g/mol. The lowest BCUT2D eigenvalue weighted by Crippen LogP contribution is -2.56. The zero-order valence-electron chi connectivity index (χ0n) is 13.2. The van der Waals surface area contributed by atoms with Crippen LogP contribution in [0.15, 0.2) is 0 Å². The van der Waals surface area contributed by atoms with Gasteiger partial charge in [0, 0.05) is 5.54 Å². The van der Waals surface area contributed by atoms with Gasteiger partial charge in [-0.25, -0.2) is 0 Å². The lowest BCUT2D eigenvalue weighted by Gasteiger charge is -2.45. The van der Waals surface area contributed by atoms with Gasteiger partial charge in [0.05, 0.1) is 11.3 Å². The molecule has 0 radical (unpaired) electrons. The quantitative estimate of drug-likeness (QED) is 0.810. The number of amides is 2. The molecule has 3 atom stereocenters. The van der Waals surface area contributed by atoms with E-state index in [9.17, 15) is 9.59 Å². The lowest BCUT2D eigenvalue weighted by atomic mass is 9.59. The van der Waals surface area contributed by atoms with Crippen molar-refractivity contribution in [3.8, 4) is 0 Å². The fraction of sp³-hybridized carbons (Fsp3) is 0.875. The van der Waals surface area contributed by atoms with Gasteiger partial charge in [-0.3, -0.25) is 9.59 Å². The maximum absolute atomic E-state index is 12.7. The molecule has 114 valence electrons. The monoisotopic (exact) mass is 280 g/mol. The predicted molar refractivity (Wildman–Crippen MR) is 78.8 cm³/mol. The van der Waals surface area contributed by atoms with E-state index in [4.69, 9.17) is 5.73 Å². The van der Waals surface area contributed by atoms with Crippen molar-refractivity contribution in [1.29, 1.82) is 0 Å². The minimum atomic E-state index is -0.586. The summed E-state index contributed by atoms with van der Waals surface area (Å²) in [6.07, 6.45) is 4.53. The number of hydrogen-bond donors (Lipinski definition) is 2. The summed E-state index contributed by atoms with van der Waals surface area (Å²) in [5, 5.41) is 3.05. The van der Waals surface area contributed by atoms with E-state index in [2.05, 4.69) is 12.2 Å². The SMILES string of the molecule is CC1CC1C[C@@H](C(=O)NC(C)(C)C)C1(C(N)=O)CCC1. The molecule has 0 aliphatic heterocycles. The van der Waals surface area contributed by atoms with Crippen LogP contribution < -0.4 is 11.1 Å². The van der Waals surface area contributed by atoms with Crippen molar-refractivity contribution in [3.63, 3.8) is 0 Å². The molecular formula is C16H28N2O2. The first-order valence-corrected chi connectivity index (χ1v) is 7.78. The number of carbonyl (C=O) groups is 2. The minimum absolute atomic E-state index is 0.00935. The maximum atomic E-state index is 12.7. The summed E-state index contributed by atoms with van der Waals surface area (Å²) in [4.78, 5) is 24.6. The number of hydrogen-bond acceptors (Lipinski definition) is 2. The molecule has 0 saturated heterocycles. The summed E-state index contributed by atoms with van der Waals surface area (Å²) in [5.41, 5.74) is 4.79. The Morgan fingerprint density at radius 2 is 1.90 bits per heavy atom. The van der Waals surface area contributed by atoms with E-state index in [1.165, 1.54) is 6.42 Å². The van der Waals surface area contributed by atoms with Crippen molar-refractivity contribution in [3.05, 3.63) is 0 Å². The standard InChI is InChI=1S/C16H28N2O2/c1-10-8-11(10)9-12(13(19)18-15(2,3)4)16(14(17)20)6-5-7-16/h10-12H,5-9H2,1-4H3,(H2,17,20)(H,18,19)/t10?,11?,12-/m0/s1. The predicted octanol–water partition coefficient (Wildman–Crippen LogP) is 2.22. The Labute approximate surface area is 121 Å². The van der Waals surface area contributed by atoms with Gasteiger partial charge in [-0.2, -0.15) is 0 Å². The lowest BCUT2D eigenvalue weighted by molar-refractivity contribution is -0.148. The Morgan fingerprint density at radius 3 is 2.20 bits per heavy atom. The molecule has 3 N–H and O–H groups in total. The second-order valence-electron chi connectivity index (χ2n) is 7.87. The van der Waals surface area contributed by atoms with Crippen LogP contribution in [-0.4, -0.2) is 17.4 Å². The Hall–Kier alpha value is -1.06. The van der Waals surface area contributed by atoms with Gasteiger partial charge in [0.2, 0.25) is 11.8 Å². The van der Waals surface area contributed by atoms with E-state index >= 15 is 0 Å². The van der Waals surface area contributed by atoms with Gasteiger partial charge in [0.1, 0.15) is 0 Å². The second kappa shape index (κ2) is 5.05. The van der Waals surface area contributed by atoms with Gasteiger partial charge >= 0.3 is 0 Å². The highest BCUT2D eigenvalue weighted by atomic mass is 16.2. The van der Waals surface area contributed by atoms with Crippen LogP contribution in [0, 0.1) is 23.2 Å². The maximum Gasteiger partial charge on any atom is 0.224 e. The molecule has 0 spiro atoms. The number of carbonyl (C=O) groups excluding carboxylic acids is 2. The van der Waals surface area contributed by atoms with Crippen molar-refractivity contribution in [2.24, 2.45) is 28.9 Å². The molecule has 4 heteroatoms. The van der Waals surface area contributed by atoms with Gasteiger partial charge in [-0.15, -0.1) is 0 Å². The van der Waals surface area contributed by atoms with Crippen LogP contribution in [0.25, 0.3) is 0 Å². The van der Waals surface area contributed by atoms with Crippen molar-refractivity contribution in [2.75, 3.05) is 0 Å². The highest BCUT2D eigenvalue weighted by Gasteiger charge is 2.54. The molecule has 2 saturated carbocycles. The molecule has 0 heterocycles. The van der Waals surface area contributed by atoms with Crippen LogP contribution in [0.4, 0.5) is 0 Å². The van der Waals surface area contributed by atoms with Crippen molar-refractivity contribution in [1.82, 2.24) is 5.32 Å². The van der Waals surface area contributed by atoms with E-state index in [0.717, 1.165) is 25.7 Å². The molecule has 0 aromatic carbocycles.